The topological polar surface area (TPSA) is 97.0 Å². The van der Waals surface area contributed by atoms with Gasteiger partial charge in [0.15, 0.2) is 5.78 Å². The van der Waals surface area contributed by atoms with Crippen LogP contribution in [0.1, 0.15) is 46.1 Å². The van der Waals surface area contributed by atoms with Crippen LogP contribution < -0.4 is 0 Å². The highest BCUT2D eigenvalue weighted by atomic mass is 16.5. The first-order valence-electron chi connectivity index (χ1n) is 7.30. The summed E-state index contributed by atoms with van der Waals surface area (Å²) < 4.78 is 10.1. The second kappa shape index (κ2) is 7.00. The summed E-state index contributed by atoms with van der Waals surface area (Å²) in [7, 11) is 0. The van der Waals surface area contributed by atoms with Crippen LogP contribution in [-0.2, 0) is 17.6 Å². The number of furan rings is 1. The minimum Gasteiger partial charge on any atom is -0.508 e. The van der Waals surface area contributed by atoms with Crippen molar-refractivity contribution in [3.05, 3.63) is 46.9 Å². The summed E-state index contributed by atoms with van der Waals surface area (Å²) in [5.41, 5.74) is 0.673. The maximum atomic E-state index is 12.3. The van der Waals surface area contributed by atoms with Gasteiger partial charge in [-0.05, 0) is 37.1 Å². The zero-order valence-electron chi connectivity index (χ0n) is 13.0. The van der Waals surface area contributed by atoms with Crippen molar-refractivity contribution < 1.29 is 29.0 Å². The van der Waals surface area contributed by atoms with Gasteiger partial charge in [0, 0.05) is 6.07 Å². The molecule has 0 bridgehead atoms. The molecule has 2 aromatic rings. The van der Waals surface area contributed by atoms with Gasteiger partial charge in [0.25, 0.3) is 0 Å². The number of phenols is 2. The quantitative estimate of drug-likeness (QED) is 0.628. The van der Waals surface area contributed by atoms with Crippen molar-refractivity contribution in [2.45, 2.75) is 26.7 Å². The largest absolute Gasteiger partial charge is 0.508 e. The van der Waals surface area contributed by atoms with Crippen LogP contribution in [0.2, 0.25) is 0 Å². The summed E-state index contributed by atoms with van der Waals surface area (Å²) in [6, 6.07) is 5.57. The van der Waals surface area contributed by atoms with Gasteiger partial charge >= 0.3 is 5.97 Å². The molecule has 1 aromatic heterocycles. The lowest BCUT2D eigenvalue weighted by molar-refractivity contribution is 0.0487. The SMILES string of the molecule is CCOC(=O)c1ccc(CC(=O)c2cc(CC)c(O)cc2O)o1. The van der Waals surface area contributed by atoms with Crippen LogP contribution >= 0.6 is 0 Å². The fraction of sp³-hybridized carbons (Fsp3) is 0.294. The molecule has 0 fully saturated rings. The number of rotatable bonds is 6. The van der Waals surface area contributed by atoms with Gasteiger partial charge in [0.05, 0.1) is 18.6 Å². The summed E-state index contributed by atoms with van der Waals surface area (Å²) in [5.74, 6) is -0.984. The molecule has 0 aliphatic heterocycles. The molecule has 1 aromatic carbocycles. The number of phenolic OH excluding ortho intramolecular Hbond substituents is 2. The Kier molecular flexibility index (Phi) is 5.05. The highest BCUT2D eigenvalue weighted by Gasteiger charge is 2.18. The lowest BCUT2D eigenvalue weighted by Crippen LogP contribution is -2.05. The monoisotopic (exact) mass is 318 g/mol. The minimum atomic E-state index is -0.591. The Morgan fingerprint density at radius 2 is 1.87 bits per heavy atom. The van der Waals surface area contributed by atoms with Crippen molar-refractivity contribution in [3.8, 4) is 11.5 Å². The molecule has 23 heavy (non-hydrogen) atoms. The first-order valence-corrected chi connectivity index (χ1v) is 7.30. The van der Waals surface area contributed by atoms with Gasteiger partial charge in [-0.25, -0.2) is 4.79 Å². The molecule has 0 saturated heterocycles. The number of hydrogen-bond donors (Lipinski definition) is 2. The number of esters is 1. The average Bonchev–Trinajstić information content (AvgIpc) is 2.96. The molecular weight excluding hydrogens is 300 g/mol. The Morgan fingerprint density at radius 3 is 2.52 bits per heavy atom. The second-order valence-electron chi connectivity index (χ2n) is 4.94. The Balaban J connectivity index is 2.18. The molecule has 0 radical (unpaired) electrons. The third-order valence-electron chi connectivity index (χ3n) is 3.35. The molecule has 0 atom stereocenters. The van der Waals surface area contributed by atoms with E-state index in [1.54, 1.807) is 6.92 Å². The Bertz CT molecular complexity index is 729. The van der Waals surface area contributed by atoms with Crippen LogP contribution in [0.25, 0.3) is 0 Å². The van der Waals surface area contributed by atoms with E-state index < -0.39 is 5.97 Å². The summed E-state index contributed by atoms with van der Waals surface area (Å²) in [6.45, 7) is 3.75. The lowest BCUT2D eigenvalue weighted by Gasteiger charge is -2.07. The van der Waals surface area contributed by atoms with Crippen molar-refractivity contribution >= 4 is 11.8 Å². The van der Waals surface area contributed by atoms with E-state index >= 15 is 0 Å². The predicted octanol–water partition coefficient (Wildman–Crippen LogP) is 2.86. The molecule has 0 spiro atoms. The first-order chi connectivity index (χ1) is 11.0. The maximum Gasteiger partial charge on any atom is 0.374 e. The Morgan fingerprint density at radius 1 is 1.13 bits per heavy atom. The fourth-order valence-corrected chi connectivity index (χ4v) is 2.17. The van der Waals surface area contributed by atoms with Gasteiger partial charge in [-0.1, -0.05) is 6.92 Å². The van der Waals surface area contributed by atoms with Gasteiger partial charge in [-0.15, -0.1) is 0 Å². The van der Waals surface area contributed by atoms with E-state index in [0.29, 0.717) is 17.7 Å². The molecule has 0 unspecified atom stereocenters. The summed E-state index contributed by atoms with van der Waals surface area (Å²) in [5, 5.41) is 19.5. The molecule has 0 saturated carbocycles. The molecule has 0 aliphatic rings. The third-order valence-corrected chi connectivity index (χ3v) is 3.35. The second-order valence-corrected chi connectivity index (χ2v) is 4.94. The highest BCUT2D eigenvalue weighted by Crippen LogP contribution is 2.29. The van der Waals surface area contributed by atoms with Crippen molar-refractivity contribution in [3.63, 3.8) is 0 Å². The Hall–Kier alpha value is -2.76. The number of ketones is 1. The predicted molar refractivity (Wildman–Crippen MR) is 81.8 cm³/mol. The number of hydrogen-bond acceptors (Lipinski definition) is 6. The number of carbonyl (C=O) groups excluding carboxylic acids is 2. The number of carbonyl (C=O) groups is 2. The molecule has 122 valence electrons. The summed E-state index contributed by atoms with van der Waals surface area (Å²) in [6.07, 6.45) is 0.418. The first kappa shape index (κ1) is 16.6. The van der Waals surface area contributed by atoms with Crippen LogP contribution in [-0.4, -0.2) is 28.6 Å². The van der Waals surface area contributed by atoms with Crippen LogP contribution in [0.4, 0.5) is 0 Å². The lowest BCUT2D eigenvalue weighted by atomic mass is 10.0. The molecule has 1 heterocycles. The maximum absolute atomic E-state index is 12.3. The van der Waals surface area contributed by atoms with E-state index in [-0.39, 0.29) is 41.6 Å². The fourth-order valence-electron chi connectivity index (χ4n) is 2.17. The van der Waals surface area contributed by atoms with Crippen LogP contribution in [0.15, 0.2) is 28.7 Å². The number of ether oxygens (including phenoxy) is 1. The van der Waals surface area contributed by atoms with Gasteiger partial charge in [0.2, 0.25) is 5.76 Å². The highest BCUT2D eigenvalue weighted by molar-refractivity contribution is 6.00. The zero-order chi connectivity index (χ0) is 17.0. The number of aryl methyl sites for hydroxylation is 1. The molecule has 0 amide bonds. The van der Waals surface area contributed by atoms with Crippen molar-refractivity contribution in [1.29, 1.82) is 0 Å². The van der Waals surface area contributed by atoms with Crippen molar-refractivity contribution in [2.24, 2.45) is 0 Å². The van der Waals surface area contributed by atoms with Gasteiger partial charge in [-0.3, -0.25) is 4.79 Å². The van der Waals surface area contributed by atoms with Gasteiger partial charge in [0.1, 0.15) is 17.3 Å². The minimum absolute atomic E-state index is 0.0267. The van der Waals surface area contributed by atoms with Crippen LogP contribution in [0, 0.1) is 0 Å². The molecule has 2 N–H and O–H groups in total. The number of Topliss-reactive ketones (excluding diaryl/α,β-unsaturated/α-hetero) is 1. The smallest absolute Gasteiger partial charge is 0.374 e. The van der Waals surface area contributed by atoms with Gasteiger partial charge < -0.3 is 19.4 Å². The average molecular weight is 318 g/mol. The summed E-state index contributed by atoms with van der Waals surface area (Å²) in [4.78, 5) is 23.8. The molecular formula is C17H18O6. The molecule has 6 heteroatoms. The molecule has 2 rings (SSSR count). The number of benzene rings is 1. The van der Waals surface area contributed by atoms with E-state index in [0.717, 1.165) is 6.07 Å². The van der Waals surface area contributed by atoms with Crippen LogP contribution in [0.3, 0.4) is 0 Å². The van der Waals surface area contributed by atoms with E-state index in [1.807, 2.05) is 6.92 Å². The standard InChI is InChI=1S/C17H18O6/c1-3-10-7-12(15(20)9-13(10)18)14(19)8-11-5-6-16(23-11)17(21)22-4-2/h5-7,9,18,20H,3-4,8H2,1-2H3. The zero-order valence-corrected chi connectivity index (χ0v) is 13.0. The Labute approximate surface area is 133 Å². The van der Waals surface area contributed by atoms with Crippen molar-refractivity contribution in [1.82, 2.24) is 0 Å². The summed E-state index contributed by atoms with van der Waals surface area (Å²) >= 11 is 0. The van der Waals surface area contributed by atoms with E-state index in [4.69, 9.17) is 9.15 Å². The molecule has 0 aliphatic carbocycles. The third kappa shape index (κ3) is 3.71. The molecule has 6 nitrogen and oxygen atoms in total. The number of aromatic hydroxyl groups is 2. The van der Waals surface area contributed by atoms with E-state index in [9.17, 15) is 19.8 Å². The van der Waals surface area contributed by atoms with E-state index in [2.05, 4.69) is 0 Å². The van der Waals surface area contributed by atoms with Gasteiger partial charge in [-0.2, -0.15) is 0 Å². The van der Waals surface area contributed by atoms with Crippen LogP contribution in [0.5, 0.6) is 11.5 Å². The van der Waals surface area contributed by atoms with E-state index in [1.165, 1.54) is 18.2 Å². The normalized spacial score (nSPS) is 10.5. The van der Waals surface area contributed by atoms with Crippen molar-refractivity contribution in [2.75, 3.05) is 6.61 Å².